The van der Waals surface area contributed by atoms with Crippen molar-refractivity contribution in [2.24, 2.45) is 0 Å². The number of carbonyl (C=O) groups is 1. The van der Waals surface area contributed by atoms with Crippen LogP contribution in [0.1, 0.15) is 40.6 Å². The minimum atomic E-state index is -0.395. The average Bonchev–Trinajstić information content (AvgIpc) is 2.97. The van der Waals surface area contributed by atoms with Crippen LogP contribution < -0.4 is 19.6 Å². The number of methoxy groups -OCH3 is 1. The van der Waals surface area contributed by atoms with E-state index in [2.05, 4.69) is 11.0 Å². The van der Waals surface area contributed by atoms with Crippen LogP contribution in [0.15, 0.2) is 69.9 Å². The quantitative estimate of drug-likeness (QED) is 0.249. The largest absolute Gasteiger partial charge is 0.496 e. The second kappa shape index (κ2) is 11.6. The molecule has 0 bridgehead atoms. The molecule has 202 valence electrons. The van der Waals surface area contributed by atoms with Gasteiger partial charge >= 0.3 is 5.97 Å². The Bertz CT molecular complexity index is 1540. The maximum atomic E-state index is 13.5. The molecule has 0 unspecified atom stereocenters. The first-order valence-corrected chi connectivity index (χ1v) is 13.0. The summed E-state index contributed by atoms with van der Waals surface area (Å²) in [4.78, 5) is 27.7. The van der Waals surface area contributed by atoms with Gasteiger partial charge in [0.25, 0.3) is 0 Å². The molecule has 0 spiro atoms. The van der Waals surface area contributed by atoms with Crippen molar-refractivity contribution in [1.29, 1.82) is 0 Å². The summed E-state index contributed by atoms with van der Waals surface area (Å²) in [5.41, 5.74) is 2.60. The Balaban J connectivity index is 1.36. The molecule has 0 saturated carbocycles. The van der Waals surface area contributed by atoms with Gasteiger partial charge in [-0.1, -0.05) is 25.1 Å². The van der Waals surface area contributed by atoms with E-state index < -0.39 is 5.97 Å². The molecule has 4 aromatic rings. The highest BCUT2D eigenvalue weighted by atomic mass is 16.5. The Labute approximate surface area is 226 Å². The van der Waals surface area contributed by atoms with Crippen LogP contribution in [-0.2, 0) is 17.7 Å². The summed E-state index contributed by atoms with van der Waals surface area (Å²) in [5, 5.41) is 0.421. The van der Waals surface area contributed by atoms with Crippen molar-refractivity contribution in [2.75, 3.05) is 27.0 Å². The summed E-state index contributed by atoms with van der Waals surface area (Å²) in [6.45, 7) is 5.78. The number of hydrogen-bond donors (Lipinski definition) is 0. The molecule has 1 aromatic heterocycles. The first kappa shape index (κ1) is 26.3. The van der Waals surface area contributed by atoms with E-state index in [4.69, 9.17) is 23.4 Å². The van der Waals surface area contributed by atoms with Gasteiger partial charge in [0, 0.05) is 13.1 Å². The second-order valence-electron chi connectivity index (χ2n) is 9.39. The number of nitrogens with zero attached hydrogens (tertiary/aromatic N) is 1. The van der Waals surface area contributed by atoms with Gasteiger partial charge in [0.1, 0.15) is 35.3 Å². The first-order chi connectivity index (χ1) is 19.0. The van der Waals surface area contributed by atoms with E-state index in [1.165, 1.54) is 0 Å². The number of ether oxygens (including phenoxy) is 4. The highest BCUT2D eigenvalue weighted by Gasteiger charge is 2.24. The lowest BCUT2D eigenvalue weighted by Crippen LogP contribution is -2.34. The Morgan fingerprint density at radius 2 is 1.85 bits per heavy atom. The zero-order valence-corrected chi connectivity index (χ0v) is 22.3. The fourth-order valence-corrected chi connectivity index (χ4v) is 4.61. The fourth-order valence-electron chi connectivity index (χ4n) is 4.61. The number of carbonyl (C=O) groups excluding carboxylic acids is 1. The van der Waals surface area contributed by atoms with Crippen molar-refractivity contribution in [2.45, 2.75) is 33.2 Å². The van der Waals surface area contributed by atoms with E-state index in [-0.39, 0.29) is 11.2 Å². The molecule has 0 saturated heterocycles. The van der Waals surface area contributed by atoms with Crippen molar-refractivity contribution in [3.8, 4) is 23.0 Å². The van der Waals surface area contributed by atoms with Gasteiger partial charge < -0.3 is 23.4 Å². The molecule has 0 fully saturated rings. The van der Waals surface area contributed by atoms with Crippen LogP contribution in [0.4, 0.5) is 0 Å². The Morgan fingerprint density at radius 1 is 1.05 bits per heavy atom. The molecule has 3 aromatic carbocycles. The smallest absolute Gasteiger partial charge is 0.338 e. The van der Waals surface area contributed by atoms with Gasteiger partial charge in [0.15, 0.2) is 0 Å². The molecule has 2 heterocycles. The van der Waals surface area contributed by atoms with Gasteiger partial charge in [-0.15, -0.1) is 0 Å². The molecule has 8 heteroatoms. The third kappa shape index (κ3) is 5.61. The zero-order chi connectivity index (χ0) is 27.4. The molecule has 0 N–H and O–H groups in total. The number of fused-ring (bicyclic) bond motifs is 3. The first-order valence-electron chi connectivity index (χ1n) is 13.0. The molecule has 0 amide bonds. The van der Waals surface area contributed by atoms with Gasteiger partial charge in [-0.2, -0.15) is 0 Å². The predicted molar refractivity (Wildman–Crippen MR) is 147 cm³/mol. The van der Waals surface area contributed by atoms with Gasteiger partial charge in [-0.05, 0) is 67.8 Å². The summed E-state index contributed by atoms with van der Waals surface area (Å²) >= 11 is 0. The van der Waals surface area contributed by atoms with E-state index in [1.54, 1.807) is 44.4 Å². The second-order valence-corrected chi connectivity index (χ2v) is 9.39. The fraction of sp³-hybridized carbons (Fsp3) is 0.290. The van der Waals surface area contributed by atoms with Gasteiger partial charge in [-0.25, -0.2) is 4.79 Å². The molecule has 0 atom stereocenters. The van der Waals surface area contributed by atoms with E-state index >= 15 is 0 Å². The predicted octanol–water partition coefficient (Wildman–Crippen LogP) is 5.86. The van der Waals surface area contributed by atoms with Crippen molar-refractivity contribution in [3.63, 3.8) is 0 Å². The van der Waals surface area contributed by atoms with Crippen molar-refractivity contribution >= 4 is 16.9 Å². The molecular weight excluding hydrogens is 498 g/mol. The molecule has 1 aliphatic heterocycles. The van der Waals surface area contributed by atoms with E-state index in [1.807, 2.05) is 31.2 Å². The highest BCUT2D eigenvalue weighted by Crippen LogP contribution is 2.34. The van der Waals surface area contributed by atoms with Crippen LogP contribution in [0.25, 0.3) is 11.0 Å². The summed E-state index contributed by atoms with van der Waals surface area (Å²) in [6, 6.07) is 18.0. The van der Waals surface area contributed by atoms with Gasteiger partial charge in [0.2, 0.25) is 11.2 Å². The molecule has 8 nitrogen and oxygen atoms in total. The summed E-state index contributed by atoms with van der Waals surface area (Å²) < 4.78 is 28.7. The molecule has 0 radical (unpaired) electrons. The topological polar surface area (TPSA) is 87.4 Å². The SMILES string of the molecule is CCCOC(=O)c1ccc(Oc2c(C)oc3c4c(ccc3c2=O)OCN(CCc2ccccc2OC)C4)cc1. The third-order valence-electron chi connectivity index (χ3n) is 6.66. The minimum Gasteiger partial charge on any atom is -0.496 e. The van der Waals surface area contributed by atoms with Crippen LogP contribution in [0.2, 0.25) is 0 Å². The summed E-state index contributed by atoms with van der Waals surface area (Å²) in [7, 11) is 1.67. The van der Waals surface area contributed by atoms with Gasteiger partial charge in [0.05, 0.1) is 30.2 Å². The number of rotatable bonds is 9. The van der Waals surface area contributed by atoms with Crippen LogP contribution in [0.5, 0.6) is 23.0 Å². The Morgan fingerprint density at radius 3 is 2.62 bits per heavy atom. The van der Waals surface area contributed by atoms with Crippen molar-refractivity contribution < 1.29 is 28.2 Å². The summed E-state index contributed by atoms with van der Waals surface area (Å²) in [6.07, 6.45) is 1.55. The molecule has 1 aliphatic rings. The Kier molecular flexibility index (Phi) is 7.84. The van der Waals surface area contributed by atoms with Crippen molar-refractivity contribution in [1.82, 2.24) is 4.90 Å². The number of esters is 1. The van der Waals surface area contributed by atoms with Crippen LogP contribution >= 0.6 is 0 Å². The lowest BCUT2D eigenvalue weighted by atomic mass is 10.1. The average molecular weight is 530 g/mol. The molecule has 0 aliphatic carbocycles. The maximum absolute atomic E-state index is 13.5. The molecule has 5 rings (SSSR count). The van der Waals surface area contributed by atoms with E-state index in [0.717, 1.165) is 36.3 Å². The van der Waals surface area contributed by atoms with Crippen LogP contribution in [0.3, 0.4) is 0 Å². The highest BCUT2D eigenvalue weighted by molar-refractivity contribution is 5.89. The Hall–Kier alpha value is -4.30. The molecular formula is C31H31NO7. The third-order valence-corrected chi connectivity index (χ3v) is 6.66. The maximum Gasteiger partial charge on any atom is 0.338 e. The van der Waals surface area contributed by atoms with Crippen LogP contribution in [0, 0.1) is 6.92 Å². The lowest BCUT2D eigenvalue weighted by Gasteiger charge is -2.29. The normalized spacial score (nSPS) is 13.0. The monoisotopic (exact) mass is 529 g/mol. The van der Waals surface area contributed by atoms with E-state index in [0.29, 0.717) is 53.7 Å². The zero-order valence-electron chi connectivity index (χ0n) is 22.3. The minimum absolute atomic E-state index is 0.105. The van der Waals surface area contributed by atoms with Gasteiger partial charge in [-0.3, -0.25) is 9.69 Å². The number of hydrogen-bond acceptors (Lipinski definition) is 8. The van der Waals surface area contributed by atoms with Crippen LogP contribution in [-0.4, -0.2) is 37.9 Å². The number of aryl methyl sites for hydroxylation is 1. The standard InChI is InChI=1S/C31H31NO7/c1-4-17-36-31(34)22-9-11-23(12-10-22)39-29-20(2)38-30-24(28(29)33)13-14-27-25(30)18-32(19-37-27)16-15-21-7-5-6-8-26(21)35-3/h5-14H,4,15-19H2,1-3H3. The van der Waals surface area contributed by atoms with E-state index in [9.17, 15) is 9.59 Å². The van der Waals surface area contributed by atoms with Crippen molar-refractivity contribution in [3.05, 3.63) is 93.3 Å². The summed E-state index contributed by atoms with van der Waals surface area (Å²) in [5.74, 6) is 2.06. The lowest BCUT2D eigenvalue weighted by molar-refractivity contribution is 0.0505. The number of benzene rings is 3. The molecule has 39 heavy (non-hydrogen) atoms. The number of para-hydroxylation sites is 1.